The molecule has 3 rings (SSSR count). The van der Waals surface area contributed by atoms with Crippen molar-refractivity contribution in [3.8, 4) is 0 Å². The van der Waals surface area contributed by atoms with Gasteiger partial charge in [0.15, 0.2) is 0 Å². The van der Waals surface area contributed by atoms with Gasteiger partial charge in [-0.15, -0.1) is 0 Å². The van der Waals surface area contributed by atoms with E-state index in [1.54, 1.807) is 17.2 Å². The number of aromatic nitrogens is 5. The minimum Gasteiger partial charge on any atom is -0.336 e. The molecular weight excluding hydrogens is 256 g/mol. The first kappa shape index (κ1) is 12.8. The molecular formula is C13H18N6O. The van der Waals surface area contributed by atoms with Crippen LogP contribution in [0, 0.1) is 0 Å². The lowest BCUT2D eigenvalue weighted by Gasteiger charge is -2.27. The number of hydrogen-bond acceptors (Lipinski definition) is 4. The Bertz CT molecular complexity index is 549. The molecule has 0 saturated carbocycles. The monoisotopic (exact) mass is 274 g/mol. The molecule has 2 atom stereocenters. The summed E-state index contributed by atoms with van der Waals surface area (Å²) in [6.45, 7) is 3.42. The molecule has 2 aromatic heterocycles. The molecule has 1 fully saturated rings. The number of rotatable bonds is 4. The quantitative estimate of drug-likeness (QED) is 0.824. The van der Waals surface area contributed by atoms with Gasteiger partial charge < -0.3 is 4.90 Å². The fourth-order valence-electron chi connectivity index (χ4n) is 2.71. The predicted molar refractivity (Wildman–Crippen MR) is 71.7 cm³/mol. The molecule has 20 heavy (non-hydrogen) atoms. The zero-order valence-electron chi connectivity index (χ0n) is 11.5. The number of amides is 1. The molecule has 2 aromatic rings. The molecule has 7 heteroatoms. The molecule has 0 radical (unpaired) electrons. The van der Waals surface area contributed by atoms with E-state index in [-0.39, 0.29) is 18.0 Å². The Morgan fingerprint density at radius 3 is 3.05 bits per heavy atom. The highest BCUT2D eigenvalue weighted by Crippen LogP contribution is 2.22. The molecule has 0 bridgehead atoms. The highest BCUT2D eigenvalue weighted by atomic mass is 16.2. The molecule has 0 aliphatic carbocycles. The first-order valence-electron chi connectivity index (χ1n) is 6.87. The Balaban J connectivity index is 1.70. The average molecular weight is 274 g/mol. The van der Waals surface area contributed by atoms with E-state index in [0.717, 1.165) is 25.9 Å². The zero-order valence-corrected chi connectivity index (χ0v) is 11.5. The molecule has 1 amide bonds. The fraction of sp³-hybridized carbons (Fsp3) is 0.538. The van der Waals surface area contributed by atoms with Crippen molar-refractivity contribution in [3.63, 3.8) is 0 Å². The van der Waals surface area contributed by atoms with Gasteiger partial charge in [0.05, 0.1) is 12.6 Å². The molecule has 7 nitrogen and oxygen atoms in total. The maximum absolute atomic E-state index is 12.6. The molecule has 1 aliphatic heterocycles. The third kappa shape index (κ3) is 2.43. The zero-order chi connectivity index (χ0) is 13.9. The summed E-state index contributed by atoms with van der Waals surface area (Å²) in [6, 6.07) is 1.81. The van der Waals surface area contributed by atoms with Crippen LogP contribution in [0.4, 0.5) is 0 Å². The summed E-state index contributed by atoms with van der Waals surface area (Å²) in [5, 5.41) is 8.27. The van der Waals surface area contributed by atoms with Crippen molar-refractivity contribution < 1.29 is 4.79 Å². The van der Waals surface area contributed by atoms with E-state index in [1.165, 1.54) is 6.33 Å². The van der Waals surface area contributed by atoms with Crippen LogP contribution in [0.3, 0.4) is 0 Å². The number of carbonyl (C=O) groups excluding carboxylic acids is 1. The molecule has 3 heterocycles. The molecule has 0 spiro atoms. The van der Waals surface area contributed by atoms with E-state index in [9.17, 15) is 4.79 Å². The van der Waals surface area contributed by atoms with E-state index >= 15 is 0 Å². The van der Waals surface area contributed by atoms with E-state index < -0.39 is 0 Å². The predicted octanol–water partition coefficient (Wildman–Crippen LogP) is 0.727. The van der Waals surface area contributed by atoms with Crippen molar-refractivity contribution in [1.82, 2.24) is 29.4 Å². The molecule has 0 N–H and O–H groups in total. The lowest BCUT2D eigenvalue weighted by Crippen LogP contribution is -2.41. The smallest absolute Gasteiger partial charge is 0.247 e. The highest BCUT2D eigenvalue weighted by Gasteiger charge is 2.32. The van der Waals surface area contributed by atoms with Gasteiger partial charge in [0.25, 0.3) is 0 Å². The van der Waals surface area contributed by atoms with Gasteiger partial charge >= 0.3 is 0 Å². The SMILES string of the molecule is C[C@H](C(=O)N1CCC[C@@H]1Cn1cccn1)n1cncn1. The topological polar surface area (TPSA) is 68.8 Å². The Morgan fingerprint density at radius 1 is 1.45 bits per heavy atom. The van der Waals surface area contributed by atoms with Crippen molar-refractivity contribution in [1.29, 1.82) is 0 Å². The summed E-state index contributed by atoms with van der Waals surface area (Å²) < 4.78 is 3.49. The van der Waals surface area contributed by atoms with E-state index in [1.807, 2.05) is 28.8 Å². The Hall–Kier alpha value is -2.18. The largest absolute Gasteiger partial charge is 0.336 e. The summed E-state index contributed by atoms with van der Waals surface area (Å²) in [5.74, 6) is 0.102. The van der Waals surface area contributed by atoms with Crippen LogP contribution in [0.5, 0.6) is 0 Å². The van der Waals surface area contributed by atoms with Gasteiger partial charge in [-0.25, -0.2) is 9.67 Å². The third-order valence-corrected chi connectivity index (χ3v) is 3.81. The van der Waals surface area contributed by atoms with Gasteiger partial charge in [0.1, 0.15) is 18.7 Å². The van der Waals surface area contributed by atoms with Crippen molar-refractivity contribution >= 4 is 5.91 Å². The molecule has 1 saturated heterocycles. The van der Waals surface area contributed by atoms with Crippen molar-refractivity contribution in [2.24, 2.45) is 0 Å². The van der Waals surface area contributed by atoms with Crippen LogP contribution in [0.25, 0.3) is 0 Å². The van der Waals surface area contributed by atoms with Crippen LogP contribution in [0.1, 0.15) is 25.8 Å². The van der Waals surface area contributed by atoms with Crippen LogP contribution in [-0.4, -0.2) is 47.9 Å². The van der Waals surface area contributed by atoms with Crippen LogP contribution >= 0.6 is 0 Å². The number of hydrogen-bond donors (Lipinski definition) is 0. The first-order valence-corrected chi connectivity index (χ1v) is 6.87. The van der Waals surface area contributed by atoms with Gasteiger partial charge in [-0.2, -0.15) is 10.2 Å². The van der Waals surface area contributed by atoms with Gasteiger partial charge in [0.2, 0.25) is 5.91 Å². The maximum atomic E-state index is 12.6. The van der Waals surface area contributed by atoms with Gasteiger partial charge in [0, 0.05) is 18.9 Å². The van der Waals surface area contributed by atoms with Crippen molar-refractivity contribution in [2.45, 2.75) is 38.4 Å². The summed E-state index contributed by atoms with van der Waals surface area (Å²) >= 11 is 0. The Kier molecular flexibility index (Phi) is 3.49. The van der Waals surface area contributed by atoms with Crippen molar-refractivity contribution in [2.75, 3.05) is 6.54 Å². The summed E-state index contributed by atoms with van der Waals surface area (Å²) in [4.78, 5) is 18.4. The molecule has 0 unspecified atom stereocenters. The lowest BCUT2D eigenvalue weighted by atomic mass is 10.2. The maximum Gasteiger partial charge on any atom is 0.247 e. The van der Waals surface area contributed by atoms with Gasteiger partial charge in [-0.1, -0.05) is 0 Å². The van der Waals surface area contributed by atoms with Gasteiger partial charge in [-0.3, -0.25) is 9.48 Å². The van der Waals surface area contributed by atoms with E-state index in [4.69, 9.17) is 0 Å². The fourth-order valence-corrected chi connectivity index (χ4v) is 2.71. The summed E-state index contributed by atoms with van der Waals surface area (Å²) in [7, 11) is 0. The standard InChI is InChI=1S/C13H18N6O/c1-11(19-10-14-9-16-19)13(20)18-7-2-4-12(18)8-17-6-3-5-15-17/h3,5-6,9-12H,2,4,7-8H2,1H3/t11-,12-/m1/s1. The van der Waals surface area contributed by atoms with Crippen LogP contribution in [-0.2, 0) is 11.3 Å². The normalized spacial score (nSPS) is 20.2. The van der Waals surface area contributed by atoms with Gasteiger partial charge in [-0.05, 0) is 25.8 Å². The minimum absolute atomic E-state index is 0.102. The second-order valence-electron chi connectivity index (χ2n) is 5.11. The molecule has 0 aromatic carbocycles. The molecule has 106 valence electrons. The minimum atomic E-state index is -0.310. The average Bonchev–Trinajstić information content (AvgIpc) is 3.20. The van der Waals surface area contributed by atoms with Crippen molar-refractivity contribution in [3.05, 3.63) is 31.1 Å². The van der Waals surface area contributed by atoms with E-state index in [2.05, 4.69) is 15.2 Å². The second kappa shape index (κ2) is 5.44. The number of likely N-dealkylation sites (tertiary alicyclic amines) is 1. The summed E-state index contributed by atoms with van der Waals surface area (Å²) in [5.41, 5.74) is 0. The second-order valence-corrected chi connectivity index (χ2v) is 5.11. The van der Waals surface area contributed by atoms with Crippen LogP contribution in [0.2, 0.25) is 0 Å². The van der Waals surface area contributed by atoms with E-state index in [0.29, 0.717) is 0 Å². The third-order valence-electron chi connectivity index (χ3n) is 3.81. The lowest BCUT2D eigenvalue weighted by molar-refractivity contribution is -0.135. The first-order chi connectivity index (χ1) is 9.75. The number of carbonyl (C=O) groups is 1. The highest BCUT2D eigenvalue weighted by molar-refractivity contribution is 5.80. The number of nitrogens with zero attached hydrogens (tertiary/aromatic N) is 6. The Labute approximate surface area is 117 Å². The van der Waals surface area contributed by atoms with Crippen LogP contribution < -0.4 is 0 Å². The van der Waals surface area contributed by atoms with Crippen LogP contribution in [0.15, 0.2) is 31.1 Å². The molecule has 1 aliphatic rings. The summed E-state index contributed by atoms with van der Waals surface area (Å²) in [6.07, 6.45) is 8.80. The Morgan fingerprint density at radius 2 is 2.35 bits per heavy atom.